The lowest BCUT2D eigenvalue weighted by Crippen LogP contribution is -2.39. The van der Waals surface area contributed by atoms with Gasteiger partial charge in [-0.1, -0.05) is 60.7 Å². The van der Waals surface area contributed by atoms with Crippen LogP contribution in [0.15, 0.2) is 72.8 Å². The van der Waals surface area contributed by atoms with Crippen molar-refractivity contribution in [3.63, 3.8) is 0 Å². The summed E-state index contributed by atoms with van der Waals surface area (Å²) in [5, 5.41) is 7.00. The van der Waals surface area contributed by atoms with Gasteiger partial charge in [-0.2, -0.15) is 0 Å². The molecule has 1 heterocycles. The average Bonchev–Trinajstić information content (AvgIpc) is 2.81. The van der Waals surface area contributed by atoms with E-state index in [0.717, 1.165) is 16.3 Å². The summed E-state index contributed by atoms with van der Waals surface area (Å²) >= 11 is 0. The van der Waals surface area contributed by atoms with Crippen LogP contribution in [0, 0.1) is 0 Å². The lowest BCUT2D eigenvalue weighted by Gasteiger charge is -2.11. The maximum atomic E-state index is 12.8. The van der Waals surface area contributed by atoms with E-state index in [-0.39, 0.29) is 0 Å². The van der Waals surface area contributed by atoms with E-state index >= 15 is 0 Å². The number of nitrogens with zero attached hydrogens (tertiary/aromatic N) is 1. The Morgan fingerprint density at radius 3 is 2.42 bits per heavy atom. The zero-order valence-corrected chi connectivity index (χ0v) is 16.7. The number of carbonyl (C=O) groups is 3. The van der Waals surface area contributed by atoms with Gasteiger partial charge in [-0.25, -0.2) is 14.6 Å². The quantitative estimate of drug-likeness (QED) is 0.498. The van der Waals surface area contributed by atoms with Crippen molar-refractivity contribution in [2.45, 2.75) is 0 Å². The maximum absolute atomic E-state index is 12.8. The van der Waals surface area contributed by atoms with Crippen molar-refractivity contribution in [2.75, 3.05) is 13.7 Å². The second-order valence-electron chi connectivity index (χ2n) is 6.80. The molecule has 3 amide bonds. The minimum absolute atomic E-state index is 0.293. The minimum Gasteiger partial charge on any atom is -0.452 e. The van der Waals surface area contributed by atoms with Gasteiger partial charge in [-0.3, -0.25) is 10.1 Å². The highest BCUT2D eigenvalue weighted by Gasteiger charge is 2.18. The molecule has 0 saturated carbocycles. The summed E-state index contributed by atoms with van der Waals surface area (Å²) in [4.78, 5) is 40.6. The van der Waals surface area contributed by atoms with E-state index in [1.807, 2.05) is 54.6 Å². The number of fused-ring (bicyclic) bond motifs is 2. The Hall–Kier alpha value is -4.26. The number of hydrogen-bond donors (Lipinski definition) is 2. The highest BCUT2D eigenvalue weighted by molar-refractivity contribution is 6.07. The first-order valence-corrected chi connectivity index (χ1v) is 9.63. The third-order valence-electron chi connectivity index (χ3n) is 4.82. The van der Waals surface area contributed by atoms with Gasteiger partial charge < -0.3 is 10.1 Å². The number of aromatic nitrogens is 1. The second kappa shape index (κ2) is 8.62. The zero-order chi connectivity index (χ0) is 21.8. The predicted octanol–water partition coefficient (Wildman–Crippen LogP) is 3.67. The number of benzene rings is 3. The maximum Gasteiger partial charge on any atom is 0.339 e. The number of hydrogen-bond acceptors (Lipinski definition) is 5. The van der Waals surface area contributed by atoms with Crippen LogP contribution in [0.2, 0.25) is 0 Å². The molecule has 0 aliphatic carbocycles. The normalized spacial score (nSPS) is 10.6. The van der Waals surface area contributed by atoms with Gasteiger partial charge in [0, 0.05) is 18.0 Å². The predicted molar refractivity (Wildman–Crippen MR) is 118 cm³/mol. The van der Waals surface area contributed by atoms with Crippen LogP contribution in [0.25, 0.3) is 32.9 Å². The molecule has 4 aromatic rings. The lowest BCUT2D eigenvalue weighted by molar-refractivity contribution is -0.123. The molecule has 0 unspecified atom stereocenters. The summed E-state index contributed by atoms with van der Waals surface area (Å²) in [5.41, 5.74) is 2.43. The van der Waals surface area contributed by atoms with Crippen LogP contribution in [0.3, 0.4) is 0 Å². The molecule has 0 aliphatic heterocycles. The fourth-order valence-electron chi connectivity index (χ4n) is 3.37. The first kappa shape index (κ1) is 20.0. The van der Waals surface area contributed by atoms with Gasteiger partial charge in [0.2, 0.25) is 0 Å². The fourth-order valence-corrected chi connectivity index (χ4v) is 3.37. The van der Waals surface area contributed by atoms with E-state index in [9.17, 15) is 14.4 Å². The largest absolute Gasteiger partial charge is 0.452 e. The van der Waals surface area contributed by atoms with Crippen LogP contribution < -0.4 is 10.6 Å². The number of urea groups is 1. The molecular formula is C24H19N3O4. The van der Waals surface area contributed by atoms with Crippen LogP contribution in [0.5, 0.6) is 0 Å². The number of para-hydroxylation sites is 1. The molecule has 0 radical (unpaired) electrons. The highest BCUT2D eigenvalue weighted by Crippen LogP contribution is 2.30. The molecule has 0 bridgehead atoms. The zero-order valence-electron chi connectivity index (χ0n) is 16.7. The Balaban J connectivity index is 1.73. The number of esters is 1. The van der Waals surface area contributed by atoms with Crippen molar-refractivity contribution in [3.05, 3.63) is 78.4 Å². The SMILES string of the molecule is CNC(=O)NC(=O)COC(=O)c1cc(-c2cccc3ccccc23)nc2ccccc12. The molecule has 0 saturated heterocycles. The highest BCUT2D eigenvalue weighted by atomic mass is 16.5. The summed E-state index contributed by atoms with van der Waals surface area (Å²) in [5.74, 6) is -1.40. The number of pyridine rings is 1. The van der Waals surface area contributed by atoms with Crippen molar-refractivity contribution in [2.24, 2.45) is 0 Å². The summed E-state index contributed by atoms with van der Waals surface area (Å²) in [6.45, 7) is -0.577. The molecule has 7 nitrogen and oxygen atoms in total. The third kappa shape index (κ3) is 4.20. The monoisotopic (exact) mass is 413 g/mol. The van der Waals surface area contributed by atoms with Crippen LogP contribution in [0.4, 0.5) is 4.79 Å². The molecule has 31 heavy (non-hydrogen) atoms. The molecule has 4 rings (SSSR count). The van der Waals surface area contributed by atoms with E-state index in [1.54, 1.807) is 18.2 Å². The van der Waals surface area contributed by atoms with Gasteiger partial charge in [0.15, 0.2) is 6.61 Å². The summed E-state index contributed by atoms with van der Waals surface area (Å²) in [6.07, 6.45) is 0. The van der Waals surface area contributed by atoms with Crippen molar-refractivity contribution >= 4 is 39.6 Å². The number of imide groups is 1. The number of carbonyl (C=O) groups excluding carboxylic acids is 3. The van der Waals surface area contributed by atoms with E-state index < -0.39 is 24.5 Å². The number of amides is 3. The molecule has 154 valence electrons. The fraction of sp³-hybridized carbons (Fsp3) is 0.0833. The molecule has 1 aromatic heterocycles. The lowest BCUT2D eigenvalue weighted by atomic mass is 9.99. The van der Waals surface area contributed by atoms with Gasteiger partial charge in [-0.15, -0.1) is 0 Å². The van der Waals surface area contributed by atoms with E-state index in [1.165, 1.54) is 7.05 Å². The van der Waals surface area contributed by atoms with Crippen molar-refractivity contribution in [1.29, 1.82) is 0 Å². The Morgan fingerprint density at radius 2 is 1.61 bits per heavy atom. The first-order chi connectivity index (χ1) is 15.1. The minimum atomic E-state index is -0.722. The van der Waals surface area contributed by atoms with Gasteiger partial charge in [0.25, 0.3) is 5.91 Å². The molecule has 0 fully saturated rings. The topological polar surface area (TPSA) is 97.4 Å². The second-order valence-corrected chi connectivity index (χ2v) is 6.80. The third-order valence-corrected chi connectivity index (χ3v) is 4.82. The molecule has 2 N–H and O–H groups in total. The summed E-state index contributed by atoms with van der Waals surface area (Å²) in [6, 6.07) is 22.1. The number of ether oxygens (including phenoxy) is 1. The van der Waals surface area contributed by atoms with Gasteiger partial charge in [0.1, 0.15) is 0 Å². The van der Waals surface area contributed by atoms with Gasteiger partial charge in [0.05, 0.1) is 16.8 Å². The number of nitrogens with one attached hydrogen (secondary N) is 2. The molecule has 0 aliphatic rings. The summed E-state index contributed by atoms with van der Waals surface area (Å²) < 4.78 is 5.16. The van der Waals surface area contributed by atoms with Crippen LogP contribution in [-0.2, 0) is 9.53 Å². The van der Waals surface area contributed by atoms with Crippen LogP contribution in [0.1, 0.15) is 10.4 Å². The smallest absolute Gasteiger partial charge is 0.339 e. The van der Waals surface area contributed by atoms with Crippen LogP contribution in [-0.4, -0.2) is 36.5 Å². The van der Waals surface area contributed by atoms with Crippen molar-refractivity contribution < 1.29 is 19.1 Å². The average molecular weight is 413 g/mol. The Morgan fingerprint density at radius 1 is 0.903 bits per heavy atom. The summed E-state index contributed by atoms with van der Waals surface area (Å²) in [7, 11) is 1.38. The van der Waals surface area contributed by atoms with E-state index in [0.29, 0.717) is 22.2 Å². The molecule has 3 aromatic carbocycles. The number of rotatable bonds is 4. The van der Waals surface area contributed by atoms with Gasteiger partial charge in [-0.05, 0) is 22.9 Å². The Labute approximate surface area is 178 Å². The molecular weight excluding hydrogens is 394 g/mol. The molecule has 7 heteroatoms. The first-order valence-electron chi connectivity index (χ1n) is 9.63. The van der Waals surface area contributed by atoms with Gasteiger partial charge >= 0.3 is 12.0 Å². The Bertz CT molecular complexity index is 1310. The van der Waals surface area contributed by atoms with E-state index in [4.69, 9.17) is 9.72 Å². The van der Waals surface area contributed by atoms with Crippen molar-refractivity contribution in [1.82, 2.24) is 15.6 Å². The standard InChI is InChI=1S/C24H19N3O4/c1-25-24(30)27-22(28)14-31-23(29)19-13-21(26-20-12-5-4-10-18(19)20)17-11-6-8-15-7-2-3-9-16(15)17/h2-13H,14H2,1H3,(H2,25,27,28,30). The van der Waals surface area contributed by atoms with Crippen molar-refractivity contribution in [3.8, 4) is 11.3 Å². The van der Waals surface area contributed by atoms with E-state index in [2.05, 4.69) is 10.6 Å². The van der Waals surface area contributed by atoms with Crippen LogP contribution >= 0.6 is 0 Å². The molecule has 0 spiro atoms. The Kier molecular flexibility index (Phi) is 5.57. The molecule has 0 atom stereocenters.